The number of hydrazine groups is 1. The molecule has 7 nitrogen and oxygen atoms in total. The summed E-state index contributed by atoms with van der Waals surface area (Å²) in [4.78, 5) is 13.5. The van der Waals surface area contributed by atoms with Crippen LogP contribution in [-0.2, 0) is 0 Å². The summed E-state index contributed by atoms with van der Waals surface area (Å²) in [6, 6.07) is 1.96. The molecule has 7 heteroatoms. The second-order valence-electron chi connectivity index (χ2n) is 6.28. The minimum Gasteiger partial charge on any atom is -0.387 e. The molecule has 2 atom stereocenters. The normalized spacial score (nSPS) is 21.5. The maximum absolute atomic E-state index is 7.71. The minimum absolute atomic E-state index is 0.0365. The first kappa shape index (κ1) is 14.6. The smallest absolute Gasteiger partial charge is 0.165 e. The molecular formula is C17H19N7. The number of aryl methyl sites for hydroxylation is 1. The zero-order valence-electron chi connectivity index (χ0n) is 13.5. The molecule has 0 bridgehead atoms. The Balaban J connectivity index is 1.79. The fraction of sp³-hybridized carbons (Fsp3) is 0.294. The number of hydrogen-bond donors (Lipinski definition) is 3. The van der Waals surface area contributed by atoms with E-state index >= 15 is 0 Å². The summed E-state index contributed by atoms with van der Waals surface area (Å²) in [5.74, 6) is 1.84. The number of fused-ring (bicyclic) bond motifs is 1. The van der Waals surface area contributed by atoms with E-state index in [9.17, 15) is 0 Å². The van der Waals surface area contributed by atoms with Crippen molar-refractivity contribution < 1.29 is 0 Å². The monoisotopic (exact) mass is 321 g/mol. The molecule has 4 N–H and O–H groups in total. The summed E-state index contributed by atoms with van der Waals surface area (Å²) in [7, 11) is 0. The zero-order valence-corrected chi connectivity index (χ0v) is 13.5. The largest absolute Gasteiger partial charge is 0.387 e. The number of hydrogen-bond acceptors (Lipinski definition) is 6. The van der Waals surface area contributed by atoms with Gasteiger partial charge in [0.2, 0.25) is 0 Å². The van der Waals surface area contributed by atoms with Crippen LogP contribution < -0.4 is 26.7 Å². The molecule has 4 rings (SSSR count). The highest BCUT2D eigenvalue weighted by atomic mass is 15.5. The summed E-state index contributed by atoms with van der Waals surface area (Å²) in [5, 5.41) is 11.2. The molecule has 0 radical (unpaired) electrons. The Morgan fingerprint density at radius 1 is 1.42 bits per heavy atom. The first-order chi connectivity index (χ1) is 11.6. The number of nitrogens with one attached hydrogen (secondary N) is 2. The van der Waals surface area contributed by atoms with E-state index in [2.05, 4.69) is 22.0 Å². The number of nitrogens with zero attached hydrogens (tertiary/aromatic N) is 4. The van der Waals surface area contributed by atoms with Crippen LogP contribution in [0.4, 0.5) is 11.5 Å². The summed E-state index contributed by atoms with van der Waals surface area (Å²) in [6.07, 6.45) is 7.30. The highest BCUT2D eigenvalue weighted by Gasteiger charge is 2.37. The Bertz CT molecular complexity index is 936. The van der Waals surface area contributed by atoms with Crippen molar-refractivity contribution in [1.82, 2.24) is 20.4 Å². The van der Waals surface area contributed by atoms with Gasteiger partial charge in [0, 0.05) is 24.2 Å². The third-order valence-corrected chi connectivity index (χ3v) is 4.83. The SMILES string of the molecule is C=c1nc([C@@H]2CC[C@H]2C(=N)N)nc2c1=CNN2c1cnccc1C. The number of pyridine rings is 1. The predicted octanol–water partition coefficient (Wildman–Crippen LogP) is 0.414. The lowest BCUT2D eigenvalue weighted by Crippen LogP contribution is -2.39. The zero-order chi connectivity index (χ0) is 16.8. The van der Waals surface area contributed by atoms with Crippen molar-refractivity contribution >= 4 is 30.1 Å². The number of nitrogens with two attached hydrogens (primary N) is 1. The second kappa shape index (κ2) is 5.30. The summed E-state index contributed by atoms with van der Waals surface area (Å²) >= 11 is 0. The third kappa shape index (κ3) is 2.12. The minimum atomic E-state index is 0.0365. The van der Waals surface area contributed by atoms with Crippen molar-refractivity contribution in [2.45, 2.75) is 25.7 Å². The van der Waals surface area contributed by atoms with Crippen molar-refractivity contribution in [2.75, 3.05) is 5.01 Å². The molecule has 0 saturated heterocycles. The molecule has 2 aromatic heterocycles. The van der Waals surface area contributed by atoms with Gasteiger partial charge in [0.05, 0.1) is 28.3 Å². The fourth-order valence-corrected chi connectivity index (χ4v) is 3.25. The van der Waals surface area contributed by atoms with E-state index in [1.54, 1.807) is 12.4 Å². The van der Waals surface area contributed by atoms with Gasteiger partial charge in [-0.3, -0.25) is 15.8 Å². The molecule has 1 saturated carbocycles. The van der Waals surface area contributed by atoms with E-state index in [1.807, 2.05) is 24.2 Å². The van der Waals surface area contributed by atoms with Crippen molar-refractivity contribution in [3.05, 3.63) is 40.4 Å². The van der Waals surface area contributed by atoms with Gasteiger partial charge in [-0.1, -0.05) is 6.58 Å². The molecule has 2 aromatic rings. The molecule has 0 unspecified atom stereocenters. The van der Waals surface area contributed by atoms with Crippen LogP contribution in [0.3, 0.4) is 0 Å². The summed E-state index contributed by atoms with van der Waals surface area (Å²) < 4.78 is 0. The van der Waals surface area contributed by atoms with E-state index in [4.69, 9.17) is 16.1 Å². The lowest BCUT2D eigenvalue weighted by molar-refractivity contribution is 0.321. The van der Waals surface area contributed by atoms with Gasteiger partial charge in [0.1, 0.15) is 5.82 Å². The number of rotatable bonds is 3. The second-order valence-corrected chi connectivity index (χ2v) is 6.28. The van der Waals surface area contributed by atoms with E-state index in [-0.39, 0.29) is 17.7 Å². The van der Waals surface area contributed by atoms with Crippen LogP contribution in [0, 0.1) is 18.3 Å². The molecule has 3 heterocycles. The molecule has 1 aliphatic heterocycles. The lowest BCUT2D eigenvalue weighted by atomic mass is 9.72. The van der Waals surface area contributed by atoms with Crippen molar-refractivity contribution in [3.8, 4) is 0 Å². The maximum atomic E-state index is 7.71. The molecule has 1 fully saturated rings. The van der Waals surface area contributed by atoms with E-state index in [0.29, 0.717) is 11.2 Å². The highest BCUT2D eigenvalue weighted by molar-refractivity contribution is 5.81. The first-order valence-electron chi connectivity index (χ1n) is 7.94. The highest BCUT2D eigenvalue weighted by Crippen LogP contribution is 2.40. The van der Waals surface area contributed by atoms with Crippen molar-refractivity contribution in [2.24, 2.45) is 11.7 Å². The average molecular weight is 321 g/mol. The van der Waals surface area contributed by atoms with Crippen molar-refractivity contribution in [3.63, 3.8) is 0 Å². The maximum Gasteiger partial charge on any atom is 0.165 e. The van der Waals surface area contributed by atoms with Gasteiger partial charge in [-0.2, -0.15) is 0 Å². The van der Waals surface area contributed by atoms with Crippen LogP contribution in [-0.4, -0.2) is 20.8 Å². The van der Waals surface area contributed by atoms with Crippen LogP contribution in [0.5, 0.6) is 0 Å². The molecule has 1 aliphatic carbocycles. The summed E-state index contributed by atoms with van der Waals surface area (Å²) in [5.41, 5.74) is 10.9. The van der Waals surface area contributed by atoms with E-state index in [0.717, 1.165) is 35.1 Å². The van der Waals surface area contributed by atoms with Gasteiger partial charge < -0.3 is 5.73 Å². The Morgan fingerprint density at radius 2 is 2.25 bits per heavy atom. The topological polar surface area (TPSA) is 104 Å². The van der Waals surface area contributed by atoms with Crippen LogP contribution in [0.25, 0.3) is 12.8 Å². The van der Waals surface area contributed by atoms with E-state index < -0.39 is 0 Å². The quantitative estimate of drug-likeness (QED) is 0.559. The summed E-state index contributed by atoms with van der Waals surface area (Å²) in [6.45, 7) is 6.09. The average Bonchev–Trinajstić information content (AvgIpc) is 2.90. The predicted molar refractivity (Wildman–Crippen MR) is 92.9 cm³/mol. The van der Waals surface area contributed by atoms with Gasteiger partial charge in [0.25, 0.3) is 0 Å². The lowest BCUT2D eigenvalue weighted by Gasteiger charge is -2.34. The Morgan fingerprint density at radius 3 is 2.92 bits per heavy atom. The molecule has 0 amide bonds. The standard InChI is InChI=1S/C17H19N7/c1-9-5-6-20-8-14(9)24-17-13(7-21-24)10(2)22-16(23-17)12-4-3-11(12)15(18)19/h5-8,11-12,21H,2-4H2,1H3,(H3,18,19)/t11-,12-/m1/s1. The third-order valence-electron chi connectivity index (χ3n) is 4.83. The van der Waals surface area contributed by atoms with Gasteiger partial charge in [-0.25, -0.2) is 15.0 Å². The van der Waals surface area contributed by atoms with Gasteiger partial charge in [0.15, 0.2) is 5.82 Å². The van der Waals surface area contributed by atoms with Gasteiger partial charge >= 0.3 is 0 Å². The molecular weight excluding hydrogens is 302 g/mol. The molecule has 24 heavy (non-hydrogen) atoms. The van der Waals surface area contributed by atoms with Crippen LogP contribution in [0.2, 0.25) is 0 Å². The van der Waals surface area contributed by atoms with Gasteiger partial charge in [-0.05, 0) is 31.4 Å². The first-order valence-corrected chi connectivity index (χ1v) is 7.94. The Labute approximate surface area is 139 Å². The Hall–Kier alpha value is -2.96. The molecule has 122 valence electrons. The van der Waals surface area contributed by atoms with Crippen LogP contribution in [0.15, 0.2) is 18.5 Å². The Kier molecular flexibility index (Phi) is 3.23. The van der Waals surface area contributed by atoms with Crippen LogP contribution >= 0.6 is 0 Å². The van der Waals surface area contributed by atoms with Gasteiger partial charge in [-0.15, -0.1) is 0 Å². The fourth-order valence-electron chi connectivity index (χ4n) is 3.25. The van der Waals surface area contributed by atoms with Crippen LogP contribution in [0.1, 0.15) is 30.1 Å². The molecule has 2 aliphatic rings. The molecule has 0 spiro atoms. The number of anilines is 2. The van der Waals surface area contributed by atoms with Crippen molar-refractivity contribution in [1.29, 1.82) is 5.41 Å². The number of amidine groups is 1. The molecule has 0 aromatic carbocycles. The van der Waals surface area contributed by atoms with E-state index in [1.165, 1.54) is 0 Å². The number of aromatic nitrogens is 3.